The molecule has 0 bridgehead atoms. The maximum Gasteiger partial charge on any atom is 0.131 e. The van der Waals surface area contributed by atoms with E-state index in [9.17, 15) is 0 Å². The van der Waals surface area contributed by atoms with Gasteiger partial charge in [-0.05, 0) is 27.2 Å². The van der Waals surface area contributed by atoms with Gasteiger partial charge in [0.05, 0.1) is 0 Å². The highest BCUT2D eigenvalue weighted by Gasteiger charge is 2.16. The van der Waals surface area contributed by atoms with Crippen LogP contribution in [0.4, 0.5) is 11.6 Å². The van der Waals surface area contributed by atoms with Gasteiger partial charge in [-0.25, -0.2) is 9.97 Å². The Kier molecular flexibility index (Phi) is 4.52. The van der Waals surface area contributed by atoms with E-state index < -0.39 is 0 Å². The Balaban J connectivity index is 2.69. The average Bonchev–Trinajstić information content (AvgIpc) is 2.17. The van der Waals surface area contributed by atoms with Crippen LogP contribution in [0.25, 0.3) is 0 Å². The van der Waals surface area contributed by atoms with Crippen molar-refractivity contribution < 1.29 is 0 Å². The summed E-state index contributed by atoms with van der Waals surface area (Å²) < 4.78 is 0. The third kappa shape index (κ3) is 4.04. The number of hydrogen-bond acceptors (Lipinski definition) is 4. The van der Waals surface area contributed by atoms with Gasteiger partial charge in [-0.1, -0.05) is 13.3 Å². The number of nitrogens with zero attached hydrogens (tertiary/aromatic N) is 2. The summed E-state index contributed by atoms with van der Waals surface area (Å²) in [6, 6.07) is 1.95. The molecule has 0 amide bonds. The van der Waals surface area contributed by atoms with Crippen LogP contribution in [0.3, 0.4) is 0 Å². The first-order chi connectivity index (χ1) is 7.57. The molecule has 0 saturated carbocycles. The minimum absolute atomic E-state index is 0.0760. The highest BCUT2D eigenvalue weighted by atomic mass is 15.1. The summed E-state index contributed by atoms with van der Waals surface area (Å²) in [7, 11) is 0. The molecule has 1 aromatic rings. The van der Waals surface area contributed by atoms with Gasteiger partial charge in [-0.2, -0.15) is 0 Å². The second-order valence-electron chi connectivity index (χ2n) is 4.58. The van der Waals surface area contributed by atoms with E-state index in [1.807, 2.05) is 6.07 Å². The van der Waals surface area contributed by atoms with Crippen molar-refractivity contribution >= 4 is 11.6 Å². The SMILES string of the molecule is CCCC(C)(C)Nc1cc(NCC)ncn1. The molecule has 1 rings (SSSR count). The van der Waals surface area contributed by atoms with E-state index >= 15 is 0 Å². The van der Waals surface area contributed by atoms with Gasteiger partial charge in [0.1, 0.15) is 18.0 Å². The van der Waals surface area contributed by atoms with Gasteiger partial charge in [-0.15, -0.1) is 0 Å². The lowest BCUT2D eigenvalue weighted by Crippen LogP contribution is -2.30. The summed E-state index contributed by atoms with van der Waals surface area (Å²) in [5, 5.41) is 6.60. The summed E-state index contributed by atoms with van der Waals surface area (Å²) in [6.07, 6.45) is 3.86. The first-order valence-corrected chi connectivity index (χ1v) is 5.91. The van der Waals surface area contributed by atoms with E-state index in [-0.39, 0.29) is 5.54 Å². The van der Waals surface area contributed by atoms with E-state index in [1.165, 1.54) is 0 Å². The van der Waals surface area contributed by atoms with Crippen molar-refractivity contribution in [3.8, 4) is 0 Å². The van der Waals surface area contributed by atoms with Gasteiger partial charge in [0.15, 0.2) is 0 Å². The Morgan fingerprint density at radius 2 is 1.88 bits per heavy atom. The predicted octanol–water partition coefficient (Wildman–Crippen LogP) is 2.90. The molecule has 90 valence electrons. The highest BCUT2D eigenvalue weighted by molar-refractivity contribution is 5.47. The third-order valence-electron chi connectivity index (χ3n) is 2.37. The Hall–Kier alpha value is -1.32. The number of nitrogens with one attached hydrogen (secondary N) is 2. The lowest BCUT2D eigenvalue weighted by atomic mass is 9.99. The third-order valence-corrected chi connectivity index (χ3v) is 2.37. The minimum Gasteiger partial charge on any atom is -0.370 e. The predicted molar refractivity (Wildman–Crippen MR) is 68.8 cm³/mol. The van der Waals surface area contributed by atoms with Crippen molar-refractivity contribution in [1.29, 1.82) is 0 Å². The van der Waals surface area contributed by atoms with Crippen molar-refractivity contribution in [3.63, 3.8) is 0 Å². The van der Waals surface area contributed by atoms with Crippen LogP contribution < -0.4 is 10.6 Å². The molecule has 4 heteroatoms. The quantitative estimate of drug-likeness (QED) is 0.777. The molecule has 0 spiro atoms. The second-order valence-corrected chi connectivity index (χ2v) is 4.58. The molecule has 0 aromatic carbocycles. The Morgan fingerprint density at radius 1 is 1.19 bits per heavy atom. The van der Waals surface area contributed by atoms with Crippen LogP contribution in [-0.2, 0) is 0 Å². The normalized spacial score (nSPS) is 11.2. The van der Waals surface area contributed by atoms with E-state index in [0.717, 1.165) is 31.0 Å². The highest BCUT2D eigenvalue weighted by Crippen LogP contribution is 2.18. The van der Waals surface area contributed by atoms with Crippen molar-refractivity contribution in [1.82, 2.24) is 9.97 Å². The van der Waals surface area contributed by atoms with Gasteiger partial charge in [0.25, 0.3) is 0 Å². The molecule has 0 aliphatic carbocycles. The van der Waals surface area contributed by atoms with Crippen LogP contribution in [0.1, 0.15) is 40.5 Å². The molecule has 4 nitrogen and oxygen atoms in total. The molecule has 0 atom stereocenters. The van der Waals surface area contributed by atoms with Crippen LogP contribution in [0.5, 0.6) is 0 Å². The minimum atomic E-state index is 0.0760. The van der Waals surface area contributed by atoms with Crippen LogP contribution in [0, 0.1) is 0 Å². The molecule has 1 aromatic heterocycles. The molecule has 0 saturated heterocycles. The first-order valence-electron chi connectivity index (χ1n) is 5.91. The fourth-order valence-electron chi connectivity index (χ4n) is 1.74. The van der Waals surface area contributed by atoms with Gasteiger partial charge in [-0.3, -0.25) is 0 Å². The molecule has 16 heavy (non-hydrogen) atoms. The topological polar surface area (TPSA) is 49.8 Å². The van der Waals surface area contributed by atoms with Gasteiger partial charge in [0.2, 0.25) is 0 Å². The zero-order valence-electron chi connectivity index (χ0n) is 10.7. The van der Waals surface area contributed by atoms with Crippen molar-refractivity contribution in [3.05, 3.63) is 12.4 Å². The molecule has 0 radical (unpaired) electrons. The van der Waals surface area contributed by atoms with Gasteiger partial charge < -0.3 is 10.6 Å². The largest absolute Gasteiger partial charge is 0.370 e. The summed E-state index contributed by atoms with van der Waals surface area (Å²) in [4.78, 5) is 8.37. The fraction of sp³-hybridized carbons (Fsp3) is 0.667. The Labute approximate surface area is 97.9 Å². The fourth-order valence-corrected chi connectivity index (χ4v) is 1.74. The molecule has 0 fully saturated rings. The number of anilines is 2. The Bertz CT molecular complexity index is 323. The van der Waals surface area contributed by atoms with Gasteiger partial charge in [0, 0.05) is 18.2 Å². The van der Waals surface area contributed by atoms with Crippen molar-refractivity contribution in [2.45, 2.75) is 46.1 Å². The molecule has 0 unspecified atom stereocenters. The van der Waals surface area contributed by atoms with Crippen LogP contribution in [-0.4, -0.2) is 22.1 Å². The maximum atomic E-state index is 4.23. The average molecular weight is 222 g/mol. The molecule has 0 aliphatic rings. The van der Waals surface area contributed by atoms with Crippen LogP contribution in [0.15, 0.2) is 12.4 Å². The molecule has 2 N–H and O–H groups in total. The van der Waals surface area contributed by atoms with Crippen molar-refractivity contribution in [2.75, 3.05) is 17.2 Å². The van der Waals surface area contributed by atoms with Crippen LogP contribution in [0.2, 0.25) is 0 Å². The van der Waals surface area contributed by atoms with E-state index in [2.05, 4.69) is 48.3 Å². The summed E-state index contributed by atoms with van der Waals surface area (Å²) >= 11 is 0. The lowest BCUT2D eigenvalue weighted by Gasteiger charge is -2.26. The van der Waals surface area contributed by atoms with Crippen molar-refractivity contribution in [2.24, 2.45) is 0 Å². The molecular formula is C12H22N4. The van der Waals surface area contributed by atoms with Crippen LogP contribution >= 0.6 is 0 Å². The monoisotopic (exact) mass is 222 g/mol. The van der Waals surface area contributed by atoms with E-state index in [1.54, 1.807) is 6.33 Å². The second kappa shape index (κ2) is 5.68. The Morgan fingerprint density at radius 3 is 2.50 bits per heavy atom. The number of rotatable bonds is 6. The summed E-state index contributed by atoms with van der Waals surface area (Å²) in [5.41, 5.74) is 0.0760. The van der Waals surface area contributed by atoms with Gasteiger partial charge >= 0.3 is 0 Å². The molecular weight excluding hydrogens is 200 g/mol. The summed E-state index contributed by atoms with van der Waals surface area (Å²) in [6.45, 7) is 9.48. The standard InChI is InChI=1S/C12H22N4/c1-5-7-12(3,4)16-11-8-10(13-6-2)14-9-15-11/h8-9H,5-7H2,1-4H3,(H2,13,14,15,16). The first kappa shape index (κ1) is 12.7. The number of hydrogen-bond donors (Lipinski definition) is 2. The van der Waals surface area contributed by atoms with E-state index in [0.29, 0.717) is 0 Å². The maximum absolute atomic E-state index is 4.23. The summed E-state index contributed by atoms with van der Waals surface area (Å²) in [5.74, 6) is 1.75. The zero-order valence-corrected chi connectivity index (χ0v) is 10.7. The molecule has 1 heterocycles. The van der Waals surface area contributed by atoms with E-state index in [4.69, 9.17) is 0 Å². The lowest BCUT2D eigenvalue weighted by molar-refractivity contribution is 0.509. The smallest absolute Gasteiger partial charge is 0.131 e. The number of aromatic nitrogens is 2. The molecule has 0 aliphatic heterocycles. The zero-order chi connectivity index (χ0) is 12.0.